The van der Waals surface area contributed by atoms with Gasteiger partial charge in [0.2, 0.25) is 5.78 Å². The molecule has 0 spiro atoms. The first kappa shape index (κ1) is 16.9. The van der Waals surface area contributed by atoms with E-state index in [2.05, 4.69) is 10.3 Å². The molecule has 0 aromatic carbocycles. The number of rotatable bonds is 2. The van der Waals surface area contributed by atoms with Crippen LogP contribution in [0.5, 0.6) is 0 Å². The number of pyridine rings is 1. The number of aryl methyl sites for hydroxylation is 1. The van der Waals surface area contributed by atoms with E-state index < -0.39 is 15.8 Å². The molecule has 2 aromatic rings. The van der Waals surface area contributed by atoms with Crippen molar-refractivity contribution in [3.8, 4) is 0 Å². The van der Waals surface area contributed by atoms with Crippen molar-refractivity contribution in [2.45, 2.75) is 13.8 Å². The van der Waals surface area contributed by atoms with Crippen molar-refractivity contribution in [3.05, 3.63) is 50.5 Å². The van der Waals surface area contributed by atoms with Gasteiger partial charge < -0.3 is 5.32 Å². The molecule has 126 valence electrons. The van der Waals surface area contributed by atoms with Crippen molar-refractivity contribution in [2.24, 2.45) is 0 Å². The number of thiophene rings is 1. The van der Waals surface area contributed by atoms with Crippen LogP contribution in [0.3, 0.4) is 0 Å². The topological polar surface area (TPSA) is 79.4 Å². The Morgan fingerprint density at radius 1 is 1.33 bits per heavy atom. The van der Waals surface area contributed by atoms with E-state index in [-0.39, 0.29) is 4.91 Å². The fraction of sp³-hybridized carbons (Fsp3) is 0.200. The number of aromatic nitrogens is 1. The molecule has 3 rings (SSSR count). The molecule has 1 N–H and O–H groups in total. The molecular formula is C15H14ClN3O3S2. The lowest BCUT2D eigenvalue weighted by Gasteiger charge is -2.25. The first-order valence-corrected chi connectivity index (χ1v) is 9.59. The number of hydrogen-bond donors (Lipinski definition) is 1. The van der Waals surface area contributed by atoms with Crippen LogP contribution in [0.2, 0.25) is 5.02 Å². The highest BCUT2D eigenvalue weighted by molar-refractivity contribution is 7.98. The molecule has 9 heteroatoms. The monoisotopic (exact) mass is 383 g/mol. The fourth-order valence-electron chi connectivity index (χ4n) is 2.34. The largest absolute Gasteiger partial charge is 0.345 e. The van der Waals surface area contributed by atoms with E-state index >= 15 is 0 Å². The summed E-state index contributed by atoms with van der Waals surface area (Å²) in [6, 6.07) is 3.21. The number of carbonyl (C=O) groups is 1. The van der Waals surface area contributed by atoms with Crippen LogP contribution in [0, 0.1) is 13.8 Å². The molecule has 24 heavy (non-hydrogen) atoms. The van der Waals surface area contributed by atoms with Gasteiger partial charge in [0.15, 0.2) is 4.91 Å². The number of allylic oxidation sites excluding steroid dienone is 1. The quantitative estimate of drug-likeness (QED) is 0.804. The summed E-state index contributed by atoms with van der Waals surface area (Å²) in [4.78, 5) is 17.4. The molecule has 3 heterocycles. The number of nitrogens with zero attached hydrogens (tertiary/aromatic N) is 2. The van der Waals surface area contributed by atoms with Gasteiger partial charge in [0.05, 0.1) is 10.6 Å². The van der Waals surface area contributed by atoms with Gasteiger partial charge in [-0.15, -0.1) is 11.3 Å². The number of carbonyl (C=O) groups excluding carboxylic acids is 1. The van der Waals surface area contributed by atoms with Crippen LogP contribution in [0.25, 0.3) is 0 Å². The van der Waals surface area contributed by atoms with E-state index in [9.17, 15) is 13.2 Å². The average molecular weight is 384 g/mol. The van der Waals surface area contributed by atoms with E-state index in [1.807, 2.05) is 13.8 Å². The minimum Gasteiger partial charge on any atom is -0.345 e. The summed E-state index contributed by atoms with van der Waals surface area (Å²) in [6.07, 6.45) is 2.61. The molecule has 0 amide bonds. The minimum atomic E-state index is -3.91. The number of anilines is 2. The fourth-order valence-corrected chi connectivity index (χ4v) is 5.02. The third-order valence-corrected chi connectivity index (χ3v) is 7.21. The first-order valence-electron chi connectivity index (χ1n) is 6.95. The highest BCUT2D eigenvalue weighted by Crippen LogP contribution is 2.42. The van der Waals surface area contributed by atoms with Gasteiger partial charge in [-0.2, -0.15) is 0 Å². The van der Waals surface area contributed by atoms with Crippen LogP contribution in [-0.2, 0) is 10.0 Å². The molecule has 0 saturated carbocycles. The summed E-state index contributed by atoms with van der Waals surface area (Å²) in [5, 5.41) is 3.67. The first-order chi connectivity index (χ1) is 11.2. The van der Waals surface area contributed by atoms with Gasteiger partial charge in [0.25, 0.3) is 10.0 Å². The average Bonchev–Trinajstić information content (AvgIpc) is 2.83. The number of fused-ring (bicyclic) bond motifs is 1. The van der Waals surface area contributed by atoms with Gasteiger partial charge in [0, 0.05) is 24.3 Å². The van der Waals surface area contributed by atoms with Crippen LogP contribution < -0.4 is 9.62 Å². The molecule has 0 bridgehead atoms. The maximum atomic E-state index is 12.7. The van der Waals surface area contributed by atoms with Crippen LogP contribution in [0.1, 0.15) is 20.8 Å². The Morgan fingerprint density at radius 2 is 2.04 bits per heavy atom. The van der Waals surface area contributed by atoms with E-state index in [1.54, 1.807) is 12.1 Å². The SMILES string of the molecule is Cc1sc2c(c1C)C(=O)C(=CNc1ccc(Cl)cn1)S(=O)(=O)N2C. The molecule has 0 fully saturated rings. The van der Waals surface area contributed by atoms with Crippen LogP contribution >= 0.6 is 22.9 Å². The van der Waals surface area contributed by atoms with E-state index in [4.69, 9.17) is 11.6 Å². The maximum Gasteiger partial charge on any atom is 0.270 e. The number of ketones is 1. The third kappa shape index (κ3) is 2.60. The molecule has 0 atom stereocenters. The highest BCUT2D eigenvalue weighted by atomic mass is 35.5. The Morgan fingerprint density at radius 3 is 2.67 bits per heavy atom. The van der Waals surface area contributed by atoms with Crippen molar-refractivity contribution in [2.75, 3.05) is 16.7 Å². The normalized spacial score (nSPS) is 17.9. The van der Waals surface area contributed by atoms with Gasteiger partial charge in [-0.3, -0.25) is 9.10 Å². The number of nitrogens with one attached hydrogen (secondary N) is 1. The minimum absolute atomic E-state index is 0.310. The lowest BCUT2D eigenvalue weighted by Crippen LogP contribution is -2.36. The molecule has 0 radical (unpaired) electrons. The number of hydrogen-bond acceptors (Lipinski definition) is 6. The Bertz CT molecular complexity index is 963. The smallest absolute Gasteiger partial charge is 0.270 e. The van der Waals surface area contributed by atoms with E-state index in [0.717, 1.165) is 14.7 Å². The van der Waals surface area contributed by atoms with Crippen LogP contribution in [-0.4, -0.2) is 26.2 Å². The summed E-state index contributed by atoms with van der Waals surface area (Å²) >= 11 is 7.06. The zero-order valence-corrected chi connectivity index (χ0v) is 15.5. The van der Waals surface area contributed by atoms with Crippen molar-refractivity contribution in [3.63, 3.8) is 0 Å². The Kier molecular flexibility index (Phi) is 4.15. The van der Waals surface area contributed by atoms with Crippen LogP contribution in [0.15, 0.2) is 29.4 Å². The standard InChI is InChI=1S/C15H14ClN3O3S2/c1-8-9(2)23-15-13(8)14(20)11(24(21,22)19(15)3)7-18-12-5-4-10(16)6-17-12/h4-7H,1-3H3,(H,17,18). The van der Waals surface area contributed by atoms with E-state index in [1.165, 1.54) is 30.8 Å². The van der Waals surface area contributed by atoms with Crippen molar-refractivity contribution < 1.29 is 13.2 Å². The zero-order valence-electron chi connectivity index (χ0n) is 13.1. The summed E-state index contributed by atoms with van der Waals surface area (Å²) in [5.41, 5.74) is 1.24. The molecule has 1 aliphatic heterocycles. The molecule has 0 saturated heterocycles. The number of halogens is 1. The zero-order chi connectivity index (χ0) is 17.6. The molecular weight excluding hydrogens is 370 g/mol. The predicted octanol–water partition coefficient (Wildman–Crippen LogP) is 3.33. The second-order valence-corrected chi connectivity index (χ2v) is 8.86. The summed E-state index contributed by atoms with van der Waals surface area (Å²) in [7, 11) is -2.46. The van der Waals surface area contributed by atoms with Gasteiger partial charge in [-0.1, -0.05) is 11.6 Å². The molecule has 0 aliphatic carbocycles. The lowest BCUT2D eigenvalue weighted by atomic mass is 10.1. The van der Waals surface area contributed by atoms with Gasteiger partial charge in [0.1, 0.15) is 10.8 Å². The Balaban J connectivity index is 2.07. The molecule has 0 unspecified atom stereocenters. The predicted molar refractivity (Wildman–Crippen MR) is 96.4 cm³/mol. The van der Waals surface area contributed by atoms with E-state index in [0.29, 0.717) is 21.4 Å². The lowest BCUT2D eigenvalue weighted by molar-refractivity contribution is 0.104. The molecule has 6 nitrogen and oxygen atoms in total. The number of sulfonamides is 1. The van der Waals surface area contributed by atoms with Gasteiger partial charge in [-0.05, 0) is 31.5 Å². The second kappa shape index (κ2) is 5.87. The van der Waals surface area contributed by atoms with Crippen molar-refractivity contribution >= 4 is 49.6 Å². The summed E-state index contributed by atoms with van der Waals surface area (Å²) in [6.45, 7) is 3.69. The maximum absolute atomic E-state index is 12.7. The molecule has 2 aromatic heterocycles. The molecule has 1 aliphatic rings. The van der Waals surface area contributed by atoms with Crippen molar-refractivity contribution in [1.29, 1.82) is 0 Å². The number of Topliss-reactive ketones (excluding diaryl/α,β-unsaturated/α-hetero) is 1. The van der Waals surface area contributed by atoms with Gasteiger partial charge in [-0.25, -0.2) is 13.4 Å². The Labute approximate surface area is 148 Å². The summed E-state index contributed by atoms with van der Waals surface area (Å²) < 4.78 is 26.4. The second-order valence-electron chi connectivity index (χ2n) is 5.28. The van der Waals surface area contributed by atoms with Crippen molar-refractivity contribution in [1.82, 2.24) is 4.98 Å². The Hall–Kier alpha value is -1.90. The van der Waals surface area contributed by atoms with Crippen LogP contribution in [0.4, 0.5) is 10.8 Å². The summed E-state index contributed by atoms with van der Waals surface area (Å²) in [5.74, 6) is -0.118. The van der Waals surface area contributed by atoms with Gasteiger partial charge >= 0.3 is 0 Å². The highest BCUT2D eigenvalue weighted by Gasteiger charge is 2.41. The third-order valence-electron chi connectivity index (χ3n) is 3.82.